The van der Waals surface area contributed by atoms with E-state index in [1.807, 2.05) is 17.3 Å². The number of nitrogens with two attached hydrogens (primary N) is 1. The molecule has 1 saturated carbocycles. The van der Waals surface area contributed by atoms with Gasteiger partial charge in [-0.1, -0.05) is 0 Å². The molecule has 0 amide bonds. The minimum absolute atomic E-state index is 0.606. The van der Waals surface area contributed by atoms with E-state index in [9.17, 15) is 0 Å². The maximum atomic E-state index is 5.79. The van der Waals surface area contributed by atoms with E-state index in [2.05, 4.69) is 9.98 Å². The Kier molecular flexibility index (Phi) is 2.29. The fourth-order valence-corrected chi connectivity index (χ4v) is 1.16. The zero-order valence-electron chi connectivity index (χ0n) is 7.56. The molecule has 0 saturated heterocycles. The van der Waals surface area contributed by atoms with Crippen LogP contribution in [-0.2, 0) is 0 Å². The third-order valence-corrected chi connectivity index (χ3v) is 2.22. The van der Waals surface area contributed by atoms with Gasteiger partial charge < -0.3 is 10.6 Å². The van der Waals surface area contributed by atoms with Crippen LogP contribution >= 0.6 is 0 Å². The molecule has 1 fully saturated rings. The maximum Gasteiger partial charge on any atom is 0.195 e. The summed E-state index contributed by atoms with van der Waals surface area (Å²) in [5, 5.41) is 0. The third kappa shape index (κ3) is 2.31. The van der Waals surface area contributed by atoms with Crippen LogP contribution in [0.4, 0.5) is 0 Å². The molecule has 0 aromatic heterocycles. The van der Waals surface area contributed by atoms with Crippen molar-refractivity contribution in [3.63, 3.8) is 0 Å². The fourth-order valence-electron chi connectivity index (χ4n) is 1.16. The van der Waals surface area contributed by atoms with E-state index < -0.39 is 0 Å². The Morgan fingerprint density at radius 1 is 1.62 bits per heavy atom. The molecule has 4 heteroatoms. The summed E-state index contributed by atoms with van der Waals surface area (Å²) in [6, 6.07) is 0. The van der Waals surface area contributed by atoms with Gasteiger partial charge in [-0.2, -0.15) is 0 Å². The Hall–Kier alpha value is -1.32. The third-order valence-electron chi connectivity index (χ3n) is 2.22. The average molecular weight is 178 g/mol. The first-order valence-corrected chi connectivity index (χ1v) is 4.61. The van der Waals surface area contributed by atoms with Crippen LogP contribution in [-0.4, -0.2) is 30.2 Å². The van der Waals surface area contributed by atoms with Gasteiger partial charge in [0.15, 0.2) is 5.96 Å². The minimum atomic E-state index is 0.606. The second-order valence-corrected chi connectivity index (χ2v) is 3.42. The topological polar surface area (TPSA) is 54.0 Å². The van der Waals surface area contributed by atoms with Crippen molar-refractivity contribution in [1.29, 1.82) is 0 Å². The Morgan fingerprint density at radius 2 is 2.46 bits per heavy atom. The lowest BCUT2D eigenvalue weighted by Gasteiger charge is -2.18. The molecule has 0 atom stereocenters. The fraction of sp³-hybridized carbons (Fsp3) is 0.556. The lowest BCUT2D eigenvalue weighted by Crippen LogP contribution is -2.35. The van der Waals surface area contributed by atoms with Crippen molar-refractivity contribution in [1.82, 2.24) is 4.90 Å². The first kappa shape index (κ1) is 8.29. The first-order valence-electron chi connectivity index (χ1n) is 4.61. The van der Waals surface area contributed by atoms with Gasteiger partial charge in [-0.25, -0.2) is 0 Å². The van der Waals surface area contributed by atoms with Crippen LogP contribution in [0.5, 0.6) is 0 Å². The molecule has 0 aromatic rings. The molecule has 1 aliphatic heterocycles. The van der Waals surface area contributed by atoms with Crippen molar-refractivity contribution < 1.29 is 0 Å². The largest absolute Gasteiger partial charge is 0.370 e. The van der Waals surface area contributed by atoms with E-state index in [0.29, 0.717) is 5.96 Å². The lowest BCUT2D eigenvalue weighted by molar-refractivity contribution is 0.620. The monoisotopic (exact) mass is 178 g/mol. The van der Waals surface area contributed by atoms with Gasteiger partial charge in [-0.05, 0) is 18.8 Å². The summed E-state index contributed by atoms with van der Waals surface area (Å²) >= 11 is 0. The van der Waals surface area contributed by atoms with Crippen molar-refractivity contribution in [2.24, 2.45) is 21.6 Å². The first-order chi connectivity index (χ1) is 6.36. The molecule has 0 bridgehead atoms. The Morgan fingerprint density at radius 3 is 3.08 bits per heavy atom. The average Bonchev–Trinajstić information content (AvgIpc) is 2.99. The van der Waals surface area contributed by atoms with E-state index in [-0.39, 0.29) is 0 Å². The van der Waals surface area contributed by atoms with Gasteiger partial charge in [0.2, 0.25) is 0 Å². The van der Waals surface area contributed by atoms with Crippen LogP contribution in [0.2, 0.25) is 0 Å². The highest BCUT2D eigenvalue weighted by molar-refractivity contribution is 5.82. The molecule has 13 heavy (non-hydrogen) atoms. The standard InChI is InChI=1S/C9H14N4/c10-9(12-7-8-1-2-8)13-5-3-11-4-6-13/h3-5,8H,1-2,6-7H2,(H2,10,12). The number of aliphatic imine (C=N–C) groups is 2. The van der Waals surface area contributed by atoms with Crippen molar-refractivity contribution in [2.45, 2.75) is 12.8 Å². The van der Waals surface area contributed by atoms with Crippen LogP contribution in [0.3, 0.4) is 0 Å². The van der Waals surface area contributed by atoms with Crippen LogP contribution in [0.25, 0.3) is 0 Å². The predicted octanol–water partition coefficient (Wildman–Crippen LogP) is 0.569. The van der Waals surface area contributed by atoms with Crippen molar-refractivity contribution in [3.05, 3.63) is 12.4 Å². The van der Waals surface area contributed by atoms with Crippen molar-refractivity contribution in [3.8, 4) is 0 Å². The van der Waals surface area contributed by atoms with E-state index in [1.54, 1.807) is 6.20 Å². The normalized spacial score (nSPS) is 22.5. The smallest absolute Gasteiger partial charge is 0.195 e. The zero-order chi connectivity index (χ0) is 9.10. The van der Waals surface area contributed by atoms with Gasteiger partial charge in [0.05, 0.1) is 6.54 Å². The molecule has 2 rings (SSSR count). The SMILES string of the molecule is NC(=NCC1CC1)N1C=CN=CC1. The van der Waals surface area contributed by atoms with Gasteiger partial charge in [0, 0.05) is 25.2 Å². The van der Waals surface area contributed by atoms with Gasteiger partial charge >= 0.3 is 0 Å². The molecule has 70 valence electrons. The quantitative estimate of drug-likeness (QED) is 0.496. The van der Waals surface area contributed by atoms with Crippen molar-refractivity contribution >= 4 is 12.2 Å². The van der Waals surface area contributed by atoms with Crippen LogP contribution in [0.1, 0.15) is 12.8 Å². The molecule has 0 spiro atoms. The maximum absolute atomic E-state index is 5.79. The second-order valence-electron chi connectivity index (χ2n) is 3.42. The minimum Gasteiger partial charge on any atom is -0.370 e. The number of hydrogen-bond donors (Lipinski definition) is 1. The molecule has 2 aliphatic rings. The Bertz CT molecular complexity index is 263. The molecular weight excluding hydrogens is 164 g/mol. The van der Waals surface area contributed by atoms with Gasteiger partial charge in [-0.15, -0.1) is 0 Å². The number of nitrogens with zero attached hydrogens (tertiary/aromatic N) is 3. The lowest BCUT2D eigenvalue weighted by atomic mass is 10.4. The van der Waals surface area contributed by atoms with Crippen molar-refractivity contribution in [2.75, 3.05) is 13.1 Å². The summed E-state index contributed by atoms with van der Waals surface area (Å²) < 4.78 is 0. The van der Waals surface area contributed by atoms with Crippen LogP contribution in [0.15, 0.2) is 22.4 Å². The second kappa shape index (κ2) is 3.60. The molecule has 1 heterocycles. The summed E-state index contributed by atoms with van der Waals surface area (Å²) in [7, 11) is 0. The predicted molar refractivity (Wildman–Crippen MR) is 53.6 cm³/mol. The Balaban J connectivity index is 1.87. The molecular formula is C9H14N4. The summed E-state index contributed by atoms with van der Waals surface area (Å²) in [4.78, 5) is 10.2. The molecule has 0 unspecified atom stereocenters. The molecule has 0 radical (unpaired) electrons. The number of guanidine groups is 1. The highest BCUT2D eigenvalue weighted by Crippen LogP contribution is 2.28. The summed E-state index contributed by atoms with van der Waals surface area (Å²) in [5.41, 5.74) is 5.79. The van der Waals surface area contributed by atoms with E-state index in [1.165, 1.54) is 12.8 Å². The number of rotatable bonds is 2. The zero-order valence-corrected chi connectivity index (χ0v) is 7.56. The van der Waals surface area contributed by atoms with Gasteiger partial charge in [-0.3, -0.25) is 9.98 Å². The van der Waals surface area contributed by atoms with E-state index in [4.69, 9.17) is 5.73 Å². The summed E-state index contributed by atoms with van der Waals surface area (Å²) in [5.74, 6) is 1.40. The van der Waals surface area contributed by atoms with Crippen LogP contribution in [0, 0.1) is 5.92 Å². The molecule has 1 aliphatic carbocycles. The Labute approximate surface area is 77.8 Å². The summed E-state index contributed by atoms with van der Waals surface area (Å²) in [6.07, 6.45) is 8.02. The molecule has 2 N–H and O–H groups in total. The van der Waals surface area contributed by atoms with E-state index in [0.717, 1.165) is 19.0 Å². The van der Waals surface area contributed by atoms with Crippen LogP contribution < -0.4 is 5.73 Å². The van der Waals surface area contributed by atoms with Gasteiger partial charge in [0.25, 0.3) is 0 Å². The highest BCUT2D eigenvalue weighted by Gasteiger charge is 2.20. The highest BCUT2D eigenvalue weighted by atomic mass is 15.2. The summed E-state index contributed by atoms with van der Waals surface area (Å²) in [6.45, 7) is 1.61. The molecule has 4 nitrogen and oxygen atoms in total. The number of hydrogen-bond acceptors (Lipinski definition) is 2. The molecule has 0 aromatic carbocycles. The van der Waals surface area contributed by atoms with E-state index >= 15 is 0 Å². The van der Waals surface area contributed by atoms with Gasteiger partial charge in [0.1, 0.15) is 0 Å².